The molecule has 98 valence electrons. The van der Waals surface area contributed by atoms with Crippen LogP contribution in [0.25, 0.3) is 0 Å². The van der Waals surface area contributed by atoms with Crippen molar-refractivity contribution in [1.29, 1.82) is 0 Å². The zero-order valence-electron chi connectivity index (χ0n) is 12.7. The van der Waals surface area contributed by atoms with Gasteiger partial charge in [-0.2, -0.15) is 0 Å². The highest BCUT2D eigenvalue weighted by Gasteiger charge is 2.17. The van der Waals surface area contributed by atoms with Gasteiger partial charge in [-0.15, -0.1) is 0 Å². The molecule has 0 aromatic rings. The number of hydrogen-bond donors (Lipinski definition) is 0. The molecule has 2 aliphatic carbocycles. The third kappa shape index (κ3) is 2.93. The molecular formula is C18H26. The first kappa shape index (κ1) is 14.8. The Kier molecular flexibility index (Phi) is 5.40. The van der Waals surface area contributed by atoms with E-state index in [4.69, 9.17) is 0 Å². The third-order valence-corrected chi connectivity index (χ3v) is 3.83. The van der Waals surface area contributed by atoms with Crippen molar-refractivity contribution in [3.8, 4) is 0 Å². The van der Waals surface area contributed by atoms with Crippen LogP contribution in [0, 0.1) is 5.92 Å². The van der Waals surface area contributed by atoms with Crippen LogP contribution in [0.1, 0.15) is 48.0 Å². The quantitative estimate of drug-likeness (QED) is 0.474. The Morgan fingerprint density at radius 1 is 1.00 bits per heavy atom. The van der Waals surface area contributed by atoms with Gasteiger partial charge >= 0.3 is 0 Å². The van der Waals surface area contributed by atoms with Gasteiger partial charge in [0.25, 0.3) is 0 Å². The van der Waals surface area contributed by atoms with Crippen LogP contribution in [0.4, 0.5) is 0 Å². The van der Waals surface area contributed by atoms with E-state index in [2.05, 4.69) is 58.1 Å². The van der Waals surface area contributed by atoms with Crippen LogP contribution < -0.4 is 0 Å². The lowest BCUT2D eigenvalue weighted by Gasteiger charge is -2.21. The summed E-state index contributed by atoms with van der Waals surface area (Å²) < 4.78 is 0. The smallest absolute Gasteiger partial charge is 0.0193 e. The van der Waals surface area contributed by atoms with E-state index in [-0.39, 0.29) is 0 Å². The van der Waals surface area contributed by atoms with Crippen molar-refractivity contribution >= 4 is 0 Å². The summed E-state index contributed by atoms with van der Waals surface area (Å²) in [6, 6.07) is 0. The standard InChI is InChI=1S/C16H20.C2H6/c1-11-9-10-12(2)15-7-5-6-8-16(13(11)3)14(15)4;1-2/h5-8,10,15H,9H2,1-4H3;1-2H3/b12-10-,13-11-;. The van der Waals surface area contributed by atoms with Crippen molar-refractivity contribution in [3.05, 3.63) is 58.2 Å². The van der Waals surface area contributed by atoms with Gasteiger partial charge < -0.3 is 0 Å². The van der Waals surface area contributed by atoms with Crippen molar-refractivity contribution in [1.82, 2.24) is 0 Å². The number of rotatable bonds is 0. The Hall–Kier alpha value is -1.30. The van der Waals surface area contributed by atoms with Gasteiger partial charge in [-0.05, 0) is 45.3 Å². The summed E-state index contributed by atoms with van der Waals surface area (Å²) in [5, 5.41) is 0. The molecule has 0 saturated carbocycles. The Bertz CT molecular complexity index is 450. The zero-order valence-corrected chi connectivity index (χ0v) is 12.7. The number of hydrogen-bond acceptors (Lipinski definition) is 0. The first-order valence-corrected chi connectivity index (χ1v) is 7.00. The third-order valence-electron chi connectivity index (χ3n) is 3.83. The molecular weight excluding hydrogens is 216 g/mol. The van der Waals surface area contributed by atoms with E-state index >= 15 is 0 Å². The van der Waals surface area contributed by atoms with Crippen LogP contribution in [-0.2, 0) is 0 Å². The molecule has 0 aliphatic heterocycles. The molecule has 0 spiro atoms. The van der Waals surface area contributed by atoms with Crippen molar-refractivity contribution in [3.63, 3.8) is 0 Å². The Morgan fingerprint density at radius 2 is 1.67 bits per heavy atom. The largest absolute Gasteiger partial charge is 0.0806 e. The van der Waals surface area contributed by atoms with E-state index in [1.807, 2.05) is 13.8 Å². The fourth-order valence-corrected chi connectivity index (χ4v) is 2.51. The molecule has 0 heteroatoms. The van der Waals surface area contributed by atoms with Gasteiger partial charge in [-0.1, -0.05) is 60.9 Å². The van der Waals surface area contributed by atoms with E-state index in [1.165, 1.54) is 27.9 Å². The van der Waals surface area contributed by atoms with Crippen LogP contribution in [0.5, 0.6) is 0 Å². The highest BCUT2D eigenvalue weighted by molar-refractivity contribution is 5.51. The molecule has 2 rings (SSSR count). The summed E-state index contributed by atoms with van der Waals surface area (Å²) >= 11 is 0. The lowest BCUT2D eigenvalue weighted by Crippen LogP contribution is -2.06. The van der Waals surface area contributed by atoms with Gasteiger partial charge in [0.2, 0.25) is 0 Å². The average Bonchev–Trinajstić information content (AvgIpc) is 2.59. The van der Waals surface area contributed by atoms with Crippen LogP contribution in [-0.4, -0.2) is 0 Å². The van der Waals surface area contributed by atoms with Gasteiger partial charge in [0.1, 0.15) is 0 Å². The minimum atomic E-state index is 0.494. The fourth-order valence-electron chi connectivity index (χ4n) is 2.51. The normalized spacial score (nSPS) is 29.7. The maximum Gasteiger partial charge on any atom is 0.0193 e. The predicted molar refractivity (Wildman–Crippen MR) is 82.6 cm³/mol. The molecule has 1 atom stereocenters. The maximum atomic E-state index is 2.37. The van der Waals surface area contributed by atoms with Gasteiger partial charge in [0.05, 0.1) is 0 Å². The molecule has 0 saturated heterocycles. The fraction of sp³-hybridized carbons (Fsp3) is 0.444. The summed E-state index contributed by atoms with van der Waals surface area (Å²) in [6.07, 6.45) is 12.4. The lowest BCUT2D eigenvalue weighted by molar-refractivity contribution is 0.862. The molecule has 2 aliphatic rings. The van der Waals surface area contributed by atoms with E-state index < -0.39 is 0 Å². The Balaban J connectivity index is 0.000000771. The summed E-state index contributed by atoms with van der Waals surface area (Å²) in [5.74, 6) is 0.494. The van der Waals surface area contributed by atoms with E-state index in [0.717, 1.165) is 6.42 Å². The molecule has 0 aromatic heterocycles. The molecule has 0 fully saturated rings. The topological polar surface area (TPSA) is 0 Å². The highest BCUT2D eigenvalue weighted by atomic mass is 14.2. The van der Waals surface area contributed by atoms with Crippen molar-refractivity contribution in [2.45, 2.75) is 48.0 Å². The predicted octanol–water partition coefficient (Wildman–Crippen LogP) is 5.76. The second-order valence-electron chi connectivity index (χ2n) is 4.88. The summed E-state index contributed by atoms with van der Waals surface area (Å²) in [4.78, 5) is 0. The Morgan fingerprint density at radius 3 is 2.33 bits per heavy atom. The minimum absolute atomic E-state index is 0.494. The van der Waals surface area contributed by atoms with Crippen LogP contribution in [0.3, 0.4) is 0 Å². The molecule has 1 unspecified atom stereocenters. The van der Waals surface area contributed by atoms with Crippen molar-refractivity contribution in [2.24, 2.45) is 5.92 Å². The van der Waals surface area contributed by atoms with Gasteiger partial charge in [0, 0.05) is 5.92 Å². The summed E-state index contributed by atoms with van der Waals surface area (Å²) in [5.41, 5.74) is 7.32. The second-order valence-corrected chi connectivity index (χ2v) is 4.88. The van der Waals surface area contributed by atoms with E-state index in [9.17, 15) is 0 Å². The second kappa shape index (κ2) is 6.58. The highest BCUT2D eigenvalue weighted by Crippen LogP contribution is 2.34. The zero-order chi connectivity index (χ0) is 13.7. The van der Waals surface area contributed by atoms with Crippen LogP contribution in [0.15, 0.2) is 58.2 Å². The van der Waals surface area contributed by atoms with Crippen molar-refractivity contribution < 1.29 is 0 Å². The lowest BCUT2D eigenvalue weighted by atomic mass is 9.83. The minimum Gasteiger partial charge on any atom is -0.0806 e. The molecule has 0 N–H and O–H groups in total. The maximum absolute atomic E-state index is 2.37. The average molecular weight is 242 g/mol. The number of fused-ring (bicyclic) bond motifs is 1. The van der Waals surface area contributed by atoms with E-state index in [0.29, 0.717) is 5.92 Å². The van der Waals surface area contributed by atoms with Crippen LogP contribution >= 0.6 is 0 Å². The molecule has 0 aromatic carbocycles. The molecule has 0 heterocycles. The molecule has 0 amide bonds. The van der Waals surface area contributed by atoms with E-state index in [1.54, 1.807) is 0 Å². The first-order chi connectivity index (χ1) is 8.61. The first-order valence-electron chi connectivity index (χ1n) is 7.00. The summed E-state index contributed by atoms with van der Waals surface area (Å²) in [6.45, 7) is 13.0. The summed E-state index contributed by atoms with van der Waals surface area (Å²) in [7, 11) is 0. The molecule has 0 nitrogen and oxygen atoms in total. The SMILES string of the molecule is CC.CC1=C2C=CC=CC1/C(C)=C\C/C(C)=C\2C. The monoisotopic (exact) mass is 242 g/mol. The molecule has 2 bridgehead atoms. The van der Waals surface area contributed by atoms with Gasteiger partial charge in [-0.3, -0.25) is 0 Å². The van der Waals surface area contributed by atoms with Crippen molar-refractivity contribution in [2.75, 3.05) is 0 Å². The molecule has 18 heavy (non-hydrogen) atoms. The molecule has 0 radical (unpaired) electrons. The Labute approximate surface area is 112 Å². The van der Waals surface area contributed by atoms with Crippen LogP contribution in [0.2, 0.25) is 0 Å². The van der Waals surface area contributed by atoms with Gasteiger partial charge in [-0.25, -0.2) is 0 Å². The van der Waals surface area contributed by atoms with Gasteiger partial charge in [0.15, 0.2) is 0 Å². The number of allylic oxidation sites excluding steroid dienone is 10.